The highest BCUT2D eigenvalue weighted by Gasteiger charge is 2.40. The summed E-state index contributed by atoms with van der Waals surface area (Å²) in [4.78, 5) is 28.7. The minimum atomic E-state index is -4.71. The van der Waals surface area contributed by atoms with Gasteiger partial charge in [-0.05, 0) is 50.3 Å². The third-order valence-electron chi connectivity index (χ3n) is 5.48. The van der Waals surface area contributed by atoms with Crippen molar-refractivity contribution in [1.82, 2.24) is 4.98 Å². The molecule has 1 aromatic carbocycles. The Morgan fingerprint density at radius 1 is 1.22 bits per heavy atom. The van der Waals surface area contributed by atoms with E-state index in [1.54, 1.807) is 32.1 Å². The molecule has 1 aromatic heterocycles. The highest BCUT2D eigenvalue weighted by molar-refractivity contribution is 6.32. The summed E-state index contributed by atoms with van der Waals surface area (Å²) in [5.41, 5.74) is -0.744. The number of urea groups is 1. The summed E-state index contributed by atoms with van der Waals surface area (Å²) in [5, 5.41) is 4.78. The van der Waals surface area contributed by atoms with E-state index in [1.807, 2.05) is 0 Å². The van der Waals surface area contributed by atoms with Crippen LogP contribution in [0.4, 0.5) is 29.3 Å². The number of Topliss-reactive ketones (excluding diaryl/α,β-unsaturated/α-hetero) is 1. The van der Waals surface area contributed by atoms with Crippen molar-refractivity contribution in [1.29, 1.82) is 0 Å². The fraction of sp³-hybridized carbons (Fsp3) is 0.320. The Bertz CT molecular complexity index is 1290. The zero-order valence-electron chi connectivity index (χ0n) is 19.9. The van der Waals surface area contributed by atoms with Gasteiger partial charge in [0.2, 0.25) is 5.78 Å². The van der Waals surface area contributed by atoms with Gasteiger partial charge in [0.25, 0.3) is 0 Å². The molecule has 0 saturated carbocycles. The van der Waals surface area contributed by atoms with E-state index in [9.17, 15) is 22.8 Å². The van der Waals surface area contributed by atoms with Crippen LogP contribution < -0.4 is 15.4 Å². The van der Waals surface area contributed by atoms with Crippen molar-refractivity contribution in [3.63, 3.8) is 0 Å². The van der Waals surface area contributed by atoms with Gasteiger partial charge in [-0.3, -0.25) is 4.79 Å². The second kappa shape index (κ2) is 10.4. The maximum Gasteiger partial charge on any atom is 0.420 e. The molecular formula is C25H23ClF3N3O5. The van der Waals surface area contributed by atoms with Gasteiger partial charge in [0.15, 0.2) is 16.5 Å². The molecule has 1 fully saturated rings. The number of ketones is 1. The highest BCUT2D eigenvalue weighted by Crippen LogP contribution is 2.40. The molecule has 2 aromatic rings. The second-order valence-electron chi connectivity index (χ2n) is 8.60. The van der Waals surface area contributed by atoms with Gasteiger partial charge in [0, 0.05) is 17.7 Å². The number of nitrogens with one attached hydrogen (secondary N) is 2. The van der Waals surface area contributed by atoms with Crippen LogP contribution in [0.1, 0.15) is 31.5 Å². The van der Waals surface area contributed by atoms with Gasteiger partial charge in [-0.15, -0.1) is 0 Å². The van der Waals surface area contributed by atoms with Crippen LogP contribution in [0, 0.1) is 0 Å². The van der Waals surface area contributed by atoms with Gasteiger partial charge < -0.3 is 24.8 Å². The summed E-state index contributed by atoms with van der Waals surface area (Å²) in [6.07, 6.45) is -1.30. The highest BCUT2D eigenvalue weighted by atomic mass is 35.5. The molecule has 0 bridgehead atoms. The van der Waals surface area contributed by atoms with Crippen LogP contribution in [-0.4, -0.2) is 42.2 Å². The lowest BCUT2D eigenvalue weighted by Crippen LogP contribution is -2.51. The SMILES string of the molecule is CCOC1=CC(c2ccc(NC(=O)Nc3ccc(OC4(C)COC4)c(C(F)(F)F)c3)c(Cl)n2)=CCC1=O. The number of aromatic nitrogens is 1. The molecule has 0 radical (unpaired) electrons. The molecule has 1 saturated heterocycles. The number of carbonyl (C=O) groups is 2. The van der Waals surface area contributed by atoms with Gasteiger partial charge in [0.1, 0.15) is 5.75 Å². The lowest BCUT2D eigenvalue weighted by Gasteiger charge is -2.38. The maximum absolute atomic E-state index is 13.6. The number of halogens is 4. The molecule has 4 rings (SSSR count). The number of rotatable bonds is 7. The predicted molar refractivity (Wildman–Crippen MR) is 130 cm³/mol. The number of nitrogens with zero attached hydrogens (tertiary/aromatic N) is 1. The van der Waals surface area contributed by atoms with Crippen LogP contribution in [0.2, 0.25) is 5.15 Å². The minimum absolute atomic E-state index is 0.0486. The molecule has 2 amide bonds. The number of pyridine rings is 1. The molecule has 196 valence electrons. The number of anilines is 2. The van der Waals surface area contributed by atoms with E-state index in [0.717, 1.165) is 12.1 Å². The normalized spacial score (nSPS) is 16.8. The zero-order valence-corrected chi connectivity index (χ0v) is 20.6. The number of carbonyl (C=O) groups excluding carboxylic acids is 2. The van der Waals surface area contributed by atoms with E-state index in [0.29, 0.717) is 17.9 Å². The lowest BCUT2D eigenvalue weighted by molar-refractivity contribution is -0.160. The van der Waals surface area contributed by atoms with Crippen molar-refractivity contribution in [2.75, 3.05) is 30.5 Å². The molecule has 0 atom stereocenters. The smallest absolute Gasteiger partial charge is 0.420 e. The fourth-order valence-electron chi connectivity index (χ4n) is 3.65. The van der Waals surface area contributed by atoms with Crippen LogP contribution in [0.25, 0.3) is 5.57 Å². The predicted octanol–water partition coefficient (Wildman–Crippen LogP) is 5.84. The van der Waals surface area contributed by atoms with Crippen LogP contribution in [0.15, 0.2) is 48.2 Å². The van der Waals surface area contributed by atoms with Crippen molar-refractivity contribution in [2.45, 2.75) is 32.0 Å². The summed E-state index contributed by atoms with van der Waals surface area (Å²) in [7, 11) is 0. The quantitative estimate of drug-likeness (QED) is 0.430. The van der Waals surface area contributed by atoms with Crippen molar-refractivity contribution in [2.24, 2.45) is 0 Å². The maximum atomic E-state index is 13.6. The molecule has 0 unspecified atom stereocenters. The minimum Gasteiger partial charge on any atom is -0.490 e. The summed E-state index contributed by atoms with van der Waals surface area (Å²) >= 11 is 6.23. The summed E-state index contributed by atoms with van der Waals surface area (Å²) in [5.74, 6) is -0.275. The largest absolute Gasteiger partial charge is 0.490 e. The summed E-state index contributed by atoms with van der Waals surface area (Å²) in [6, 6.07) is 5.50. The second-order valence-corrected chi connectivity index (χ2v) is 8.95. The molecule has 12 heteroatoms. The average molecular weight is 538 g/mol. The lowest BCUT2D eigenvalue weighted by atomic mass is 10.0. The third-order valence-corrected chi connectivity index (χ3v) is 5.76. The Balaban J connectivity index is 1.46. The number of amides is 2. The van der Waals surface area contributed by atoms with Crippen LogP contribution in [-0.2, 0) is 20.4 Å². The average Bonchev–Trinajstić information content (AvgIpc) is 2.81. The Hall–Kier alpha value is -3.57. The van der Waals surface area contributed by atoms with Gasteiger partial charge in [-0.2, -0.15) is 13.2 Å². The summed E-state index contributed by atoms with van der Waals surface area (Å²) < 4.78 is 56.8. The van der Waals surface area contributed by atoms with Crippen molar-refractivity contribution < 1.29 is 37.0 Å². The van der Waals surface area contributed by atoms with Gasteiger partial charge in [-0.25, -0.2) is 9.78 Å². The Morgan fingerprint density at radius 2 is 1.97 bits per heavy atom. The van der Waals surface area contributed by atoms with E-state index in [-0.39, 0.29) is 53.5 Å². The first-order valence-corrected chi connectivity index (χ1v) is 11.7. The number of alkyl halides is 3. The Morgan fingerprint density at radius 3 is 2.59 bits per heavy atom. The van der Waals surface area contributed by atoms with Gasteiger partial charge >= 0.3 is 12.2 Å². The standard InChI is InChI=1S/C25H23ClF3N3O5/c1-3-36-21-10-14(4-8-19(21)33)17-6-7-18(22(26)31-17)32-23(34)30-15-5-9-20(16(11-15)25(27,28)29)37-24(2)12-35-13-24/h4-7,9-11H,3,8,12-13H2,1-2H3,(H2,30,32,34). The van der Waals surface area contributed by atoms with E-state index < -0.39 is 23.4 Å². The zero-order chi connectivity index (χ0) is 26.8. The first kappa shape index (κ1) is 26.5. The van der Waals surface area contributed by atoms with Crippen molar-refractivity contribution in [3.05, 3.63) is 64.7 Å². The Kier molecular flexibility index (Phi) is 7.47. The van der Waals surface area contributed by atoms with Crippen LogP contribution >= 0.6 is 11.6 Å². The molecule has 0 spiro atoms. The number of allylic oxidation sites excluding steroid dienone is 4. The molecule has 2 aliphatic rings. The molecular weight excluding hydrogens is 515 g/mol. The number of ether oxygens (including phenoxy) is 3. The number of hydrogen-bond acceptors (Lipinski definition) is 6. The molecule has 1 aliphatic carbocycles. The van der Waals surface area contributed by atoms with Crippen LogP contribution in [0.5, 0.6) is 5.75 Å². The molecule has 2 N–H and O–H groups in total. The van der Waals surface area contributed by atoms with E-state index in [2.05, 4.69) is 15.6 Å². The van der Waals surface area contributed by atoms with E-state index >= 15 is 0 Å². The first-order chi connectivity index (χ1) is 17.5. The van der Waals surface area contributed by atoms with Crippen molar-refractivity contribution >= 4 is 40.4 Å². The van der Waals surface area contributed by atoms with Crippen LogP contribution in [0.3, 0.4) is 0 Å². The molecule has 2 heterocycles. The van der Waals surface area contributed by atoms with Gasteiger partial charge in [-0.1, -0.05) is 17.7 Å². The van der Waals surface area contributed by atoms with E-state index in [1.165, 1.54) is 12.1 Å². The molecule has 1 aliphatic heterocycles. The summed E-state index contributed by atoms with van der Waals surface area (Å²) in [6.45, 7) is 4.12. The monoisotopic (exact) mass is 537 g/mol. The van der Waals surface area contributed by atoms with Crippen molar-refractivity contribution in [3.8, 4) is 5.75 Å². The topological polar surface area (TPSA) is 98.8 Å². The molecule has 37 heavy (non-hydrogen) atoms. The third kappa shape index (κ3) is 6.23. The number of benzene rings is 1. The fourth-order valence-corrected chi connectivity index (χ4v) is 3.85. The molecule has 8 nitrogen and oxygen atoms in total. The first-order valence-electron chi connectivity index (χ1n) is 11.3. The van der Waals surface area contributed by atoms with Gasteiger partial charge in [0.05, 0.1) is 36.8 Å². The number of hydrogen-bond donors (Lipinski definition) is 2. The van der Waals surface area contributed by atoms with E-state index in [4.69, 9.17) is 25.8 Å². The Labute approximate surface area is 215 Å².